The minimum atomic E-state index is -4.63. The Morgan fingerprint density at radius 2 is 1.91 bits per heavy atom. The largest absolute Gasteiger partial charge is 0.416 e. The number of fused-ring (bicyclic) bond motifs is 1. The summed E-state index contributed by atoms with van der Waals surface area (Å²) < 4.78 is 67.9. The van der Waals surface area contributed by atoms with Crippen molar-refractivity contribution in [2.75, 3.05) is 11.1 Å². The third-order valence-corrected chi connectivity index (χ3v) is 5.58. The molecule has 4 rings (SSSR count). The van der Waals surface area contributed by atoms with E-state index in [1.165, 1.54) is 12.3 Å². The molecule has 1 fully saturated rings. The van der Waals surface area contributed by atoms with Gasteiger partial charge in [-0.05, 0) is 43.5 Å². The van der Waals surface area contributed by atoms with Crippen molar-refractivity contribution in [2.45, 2.75) is 43.9 Å². The number of pyridine rings is 1. The molecule has 2 heterocycles. The first-order chi connectivity index (χ1) is 15.4. The number of alkyl halides is 5. The molecule has 1 aromatic carbocycles. The minimum absolute atomic E-state index is 0.0637. The summed E-state index contributed by atoms with van der Waals surface area (Å²) in [4.78, 5) is 20.9. The van der Waals surface area contributed by atoms with Gasteiger partial charge in [0, 0.05) is 18.0 Å². The Kier molecular flexibility index (Phi) is 5.27. The second-order valence-electron chi connectivity index (χ2n) is 7.93. The molecule has 172 valence electrons. The molecule has 3 aromatic rings. The number of nitrogens with one attached hydrogen (secondary N) is 1. The predicted octanol–water partition coefficient (Wildman–Crippen LogP) is 4.24. The summed E-state index contributed by atoms with van der Waals surface area (Å²) in [5.74, 6) is 2.70. The highest BCUT2D eigenvalue weighted by Gasteiger charge is 2.53. The first-order valence-electron chi connectivity index (χ1n) is 9.84. The molecule has 2 aromatic heterocycles. The van der Waals surface area contributed by atoms with Gasteiger partial charge in [0.15, 0.2) is 0 Å². The average Bonchev–Trinajstić information content (AvgIpc) is 3.52. The molecule has 0 aliphatic heterocycles. The number of rotatable bonds is 5. The van der Waals surface area contributed by atoms with E-state index >= 15 is 0 Å². The van der Waals surface area contributed by atoms with Crippen molar-refractivity contribution in [3.63, 3.8) is 0 Å². The zero-order valence-electron chi connectivity index (χ0n) is 17.3. The smallest absolute Gasteiger partial charge is 0.399 e. The van der Waals surface area contributed by atoms with Crippen LogP contribution in [0.5, 0.6) is 0 Å². The number of aryl methyl sites for hydroxylation is 1. The number of halogens is 5. The Bertz CT molecular complexity index is 1340. The van der Waals surface area contributed by atoms with Gasteiger partial charge in [0.25, 0.3) is 12.0 Å². The Labute approximate surface area is 184 Å². The number of aromatic nitrogens is 3. The van der Waals surface area contributed by atoms with Crippen LogP contribution in [0.4, 0.5) is 33.5 Å². The van der Waals surface area contributed by atoms with Crippen molar-refractivity contribution in [3.05, 3.63) is 57.8 Å². The fraction of sp³-hybridized carbons (Fsp3) is 0.318. The van der Waals surface area contributed by atoms with E-state index in [4.69, 9.17) is 12.2 Å². The van der Waals surface area contributed by atoms with Crippen molar-refractivity contribution >= 4 is 22.4 Å². The van der Waals surface area contributed by atoms with Gasteiger partial charge in [0.2, 0.25) is 0 Å². The van der Waals surface area contributed by atoms with Crippen LogP contribution in [-0.2, 0) is 11.7 Å². The van der Waals surface area contributed by atoms with Gasteiger partial charge >= 0.3 is 6.18 Å². The van der Waals surface area contributed by atoms with Crippen molar-refractivity contribution in [1.82, 2.24) is 14.5 Å². The number of terminal acetylenes is 1. The third kappa shape index (κ3) is 4.08. The lowest BCUT2D eigenvalue weighted by molar-refractivity contribution is -0.137. The SMILES string of the molecule is C#C[C@@H](Nc1nc(C)nc2cc(=O)n(C3(C(F)F)CC3)cc12)c1cc(N)cc(C(F)(F)F)c1. The summed E-state index contributed by atoms with van der Waals surface area (Å²) in [6.07, 6.45) is -0.273. The van der Waals surface area contributed by atoms with Crippen LogP contribution in [0.25, 0.3) is 10.9 Å². The quantitative estimate of drug-likeness (QED) is 0.336. The van der Waals surface area contributed by atoms with Gasteiger partial charge in [-0.25, -0.2) is 18.7 Å². The van der Waals surface area contributed by atoms with Crippen molar-refractivity contribution < 1.29 is 22.0 Å². The van der Waals surface area contributed by atoms with Crippen LogP contribution in [0.3, 0.4) is 0 Å². The number of hydrogen-bond acceptors (Lipinski definition) is 5. The van der Waals surface area contributed by atoms with Gasteiger partial charge in [-0.1, -0.05) is 5.92 Å². The highest BCUT2D eigenvalue weighted by molar-refractivity contribution is 5.88. The normalized spacial score (nSPS) is 15.9. The van der Waals surface area contributed by atoms with E-state index in [2.05, 4.69) is 21.2 Å². The molecule has 1 aliphatic carbocycles. The highest BCUT2D eigenvalue weighted by atomic mass is 19.4. The van der Waals surface area contributed by atoms with Gasteiger partial charge in [-0.3, -0.25) is 4.79 Å². The van der Waals surface area contributed by atoms with E-state index in [-0.39, 0.29) is 46.6 Å². The molecule has 0 amide bonds. The number of benzene rings is 1. The van der Waals surface area contributed by atoms with Crippen LogP contribution < -0.4 is 16.6 Å². The van der Waals surface area contributed by atoms with Crippen LogP contribution >= 0.6 is 0 Å². The van der Waals surface area contributed by atoms with Crippen molar-refractivity contribution in [2.24, 2.45) is 0 Å². The maximum absolute atomic E-state index is 13.6. The summed E-state index contributed by atoms with van der Waals surface area (Å²) in [7, 11) is 0. The zero-order valence-corrected chi connectivity index (χ0v) is 17.3. The second-order valence-corrected chi connectivity index (χ2v) is 7.93. The number of nitrogens with two attached hydrogens (primary N) is 1. The molecule has 0 spiro atoms. The fourth-order valence-electron chi connectivity index (χ4n) is 3.73. The van der Waals surface area contributed by atoms with E-state index in [0.29, 0.717) is 0 Å². The molecule has 3 N–H and O–H groups in total. The Balaban J connectivity index is 1.82. The molecule has 1 aliphatic rings. The Hall–Kier alpha value is -3.68. The maximum atomic E-state index is 13.6. The molecule has 6 nitrogen and oxygen atoms in total. The number of anilines is 2. The van der Waals surface area contributed by atoms with Crippen LogP contribution in [0, 0.1) is 19.3 Å². The van der Waals surface area contributed by atoms with Crippen molar-refractivity contribution in [1.29, 1.82) is 0 Å². The fourth-order valence-corrected chi connectivity index (χ4v) is 3.73. The second kappa shape index (κ2) is 7.72. The Morgan fingerprint density at radius 1 is 1.21 bits per heavy atom. The molecule has 0 unspecified atom stereocenters. The van der Waals surface area contributed by atoms with Gasteiger partial charge in [0.05, 0.1) is 16.5 Å². The standard InChI is InChI=1S/C22H18F5N5O/c1-3-16(12-6-13(22(25,26)27)8-14(28)7-12)31-19-15-10-32(21(4-5-21)20(23)24)18(33)9-17(15)29-11(2)30-19/h1,6-10,16,20H,4-5,28H2,2H3,(H,29,30,31)/t16-/m1/s1. The average molecular weight is 463 g/mol. The topological polar surface area (TPSA) is 85.8 Å². The van der Waals surface area contributed by atoms with E-state index in [1.54, 1.807) is 6.92 Å². The summed E-state index contributed by atoms with van der Waals surface area (Å²) in [5.41, 5.74) is 2.57. The minimum Gasteiger partial charge on any atom is -0.399 e. The lowest BCUT2D eigenvalue weighted by Gasteiger charge is -2.21. The van der Waals surface area contributed by atoms with Gasteiger partial charge in [-0.15, -0.1) is 6.42 Å². The molecule has 0 bridgehead atoms. The molecular weight excluding hydrogens is 445 g/mol. The summed E-state index contributed by atoms with van der Waals surface area (Å²) in [5, 5.41) is 3.10. The Morgan fingerprint density at radius 3 is 2.48 bits per heavy atom. The van der Waals surface area contributed by atoms with Crippen LogP contribution in [0.1, 0.15) is 35.8 Å². The van der Waals surface area contributed by atoms with E-state index in [9.17, 15) is 26.7 Å². The predicted molar refractivity (Wildman–Crippen MR) is 113 cm³/mol. The molecule has 0 saturated heterocycles. The molecule has 33 heavy (non-hydrogen) atoms. The molecule has 1 saturated carbocycles. The maximum Gasteiger partial charge on any atom is 0.416 e. The van der Waals surface area contributed by atoms with Crippen LogP contribution in [-0.4, -0.2) is 21.0 Å². The summed E-state index contributed by atoms with van der Waals surface area (Å²) >= 11 is 0. The number of hydrogen-bond donors (Lipinski definition) is 2. The summed E-state index contributed by atoms with van der Waals surface area (Å²) in [6.45, 7) is 1.55. The summed E-state index contributed by atoms with van der Waals surface area (Å²) in [6, 6.07) is 3.01. The first kappa shape index (κ1) is 22.5. The molecular formula is C22H18F5N5O. The van der Waals surface area contributed by atoms with Crippen LogP contribution in [0.15, 0.2) is 35.3 Å². The highest BCUT2D eigenvalue weighted by Crippen LogP contribution is 2.48. The lowest BCUT2D eigenvalue weighted by atomic mass is 10.0. The van der Waals surface area contributed by atoms with Gasteiger partial charge < -0.3 is 15.6 Å². The van der Waals surface area contributed by atoms with Gasteiger partial charge in [0.1, 0.15) is 23.2 Å². The first-order valence-corrected chi connectivity index (χ1v) is 9.84. The van der Waals surface area contributed by atoms with Crippen LogP contribution in [0.2, 0.25) is 0 Å². The molecule has 0 radical (unpaired) electrons. The molecule has 1 atom stereocenters. The monoisotopic (exact) mass is 463 g/mol. The zero-order chi connectivity index (χ0) is 24.1. The third-order valence-electron chi connectivity index (χ3n) is 5.58. The van der Waals surface area contributed by atoms with E-state index in [0.717, 1.165) is 22.8 Å². The number of nitrogen functional groups attached to an aromatic ring is 1. The van der Waals surface area contributed by atoms with E-state index in [1.807, 2.05) is 0 Å². The number of nitrogens with zero attached hydrogens (tertiary/aromatic N) is 3. The van der Waals surface area contributed by atoms with Crippen molar-refractivity contribution in [3.8, 4) is 12.3 Å². The van der Waals surface area contributed by atoms with Gasteiger partial charge in [-0.2, -0.15) is 13.2 Å². The van der Waals surface area contributed by atoms with E-state index < -0.39 is 35.3 Å². The molecule has 11 heteroatoms. The lowest BCUT2D eigenvalue weighted by Crippen LogP contribution is -2.35.